The molecule has 3 rings (SSSR count). The molecule has 1 aromatic heterocycles. The van der Waals surface area contributed by atoms with E-state index in [0.29, 0.717) is 0 Å². The highest BCUT2D eigenvalue weighted by atomic mass is 16.5. The molecule has 144 valence electrons. The number of amides is 1. The Kier molecular flexibility index (Phi) is 5.63. The first-order valence-electron chi connectivity index (χ1n) is 9.36. The Hall–Kier alpha value is -2.63. The van der Waals surface area contributed by atoms with Crippen molar-refractivity contribution in [1.29, 1.82) is 0 Å². The van der Waals surface area contributed by atoms with Crippen LogP contribution in [-0.4, -0.2) is 40.2 Å². The number of nitrogens with zero attached hydrogens (tertiary/aromatic N) is 3. The normalized spacial score (nSPS) is 15.9. The first-order valence-corrected chi connectivity index (χ1v) is 9.36. The molecule has 0 spiro atoms. The largest absolute Gasteiger partial charge is 0.455 e. The van der Waals surface area contributed by atoms with Gasteiger partial charge in [-0.3, -0.25) is 14.3 Å². The number of carbonyl (C=O) groups excluding carboxylic acids is 2. The van der Waals surface area contributed by atoms with Crippen molar-refractivity contribution in [2.75, 3.05) is 13.7 Å². The molecule has 2 aromatic rings. The van der Waals surface area contributed by atoms with Crippen LogP contribution < -0.4 is 0 Å². The van der Waals surface area contributed by atoms with E-state index >= 15 is 0 Å². The fourth-order valence-electron chi connectivity index (χ4n) is 3.82. The SMILES string of the molecule is Cc1nn(C)c(C)c1CC(=O)OCC(=O)N(C)[C@H]1CCCc2ccccc21. The molecule has 1 atom stereocenters. The lowest BCUT2D eigenvalue weighted by Gasteiger charge is -2.33. The second kappa shape index (κ2) is 7.94. The topological polar surface area (TPSA) is 64.4 Å². The van der Waals surface area contributed by atoms with E-state index in [4.69, 9.17) is 4.74 Å². The Bertz CT molecular complexity index is 856. The molecule has 0 unspecified atom stereocenters. The highest BCUT2D eigenvalue weighted by molar-refractivity contribution is 5.81. The standard InChI is InChI=1S/C21H27N3O3/c1-14-18(15(2)24(4)22-14)12-21(26)27-13-20(25)23(3)19-11-7-9-16-8-5-6-10-17(16)19/h5-6,8,10,19H,7,9,11-13H2,1-4H3/t19-/m0/s1. The van der Waals surface area contributed by atoms with Gasteiger partial charge in [-0.2, -0.15) is 5.10 Å². The first-order chi connectivity index (χ1) is 12.9. The predicted octanol–water partition coefficient (Wildman–Crippen LogP) is 2.66. The molecule has 0 aliphatic heterocycles. The van der Waals surface area contributed by atoms with Gasteiger partial charge in [0, 0.05) is 25.4 Å². The molecule has 1 aliphatic rings. The first kappa shape index (κ1) is 19.1. The van der Waals surface area contributed by atoms with Crippen LogP contribution in [0.5, 0.6) is 0 Å². The number of aryl methyl sites for hydroxylation is 3. The summed E-state index contributed by atoms with van der Waals surface area (Å²) in [6.07, 6.45) is 3.17. The second-order valence-electron chi connectivity index (χ2n) is 7.22. The summed E-state index contributed by atoms with van der Waals surface area (Å²) in [5, 5.41) is 4.30. The van der Waals surface area contributed by atoms with Crippen LogP contribution in [0, 0.1) is 13.8 Å². The Labute approximate surface area is 160 Å². The van der Waals surface area contributed by atoms with Gasteiger partial charge in [0.2, 0.25) is 0 Å². The number of hydrogen-bond acceptors (Lipinski definition) is 4. The van der Waals surface area contributed by atoms with E-state index in [2.05, 4.69) is 17.2 Å². The van der Waals surface area contributed by atoms with E-state index in [9.17, 15) is 9.59 Å². The average Bonchev–Trinajstić information content (AvgIpc) is 2.91. The van der Waals surface area contributed by atoms with Gasteiger partial charge in [0.05, 0.1) is 18.2 Å². The lowest BCUT2D eigenvalue weighted by molar-refractivity contribution is -0.152. The van der Waals surface area contributed by atoms with Crippen molar-refractivity contribution in [2.24, 2.45) is 7.05 Å². The van der Waals surface area contributed by atoms with Crippen molar-refractivity contribution in [3.8, 4) is 0 Å². The maximum absolute atomic E-state index is 12.6. The highest BCUT2D eigenvalue weighted by Gasteiger charge is 2.27. The van der Waals surface area contributed by atoms with Crippen LogP contribution >= 0.6 is 0 Å². The molecular weight excluding hydrogens is 342 g/mol. The number of rotatable bonds is 5. The van der Waals surface area contributed by atoms with Gasteiger partial charge in [0.1, 0.15) is 0 Å². The number of carbonyl (C=O) groups is 2. The third kappa shape index (κ3) is 4.04. The highest BCUT2D eigenvalue weighted by Crippen LogP contribution is 2.33. The van der Waals surface area contributed by atoms with Gasteiger partial charge >= 0.3 is 5.97 Å². The number of esters is 1. The Morgan fingerprint density at radius 2 is 2.04 bits per heavy atom. The van der Waals surface area contributed by atoms with Crippen molar-refractivity contribution >= 4 is 11.9 Å². The zero-order chi connectivity index (χ0) is 19.6. The second-order valence-corrected chi connectivity index (χ2v) is 7.22. The van der Waals surface area contributed by atoms with Crippen LogP contribution in [0.25, 0.3) is 0 Å². The third-order valence-corrected chi connectivity index (χ3v) is 5.54. The van der Waals surface area contributed by atoms with Crippen molar-refractivity contribution in [3.05, 3.63) is 52.3 Å². The molecule has 1 amide bonds. The van der Waals surface area contributed by atoms with E-state index in [1.807, 2.05) is 33.0 Å². The fraction of sp³-hybridized carbons (Fsp3) is 0.476. The molecule has 6 heteroatoms. The quantitative estimate of drug-likeness (QED) is 0.760. The molecule has 1 heterocycles. The molecule has 1 aliphatic carbocycles. The summed E-state index contributed by atoms with van der Waals surface area (Å²) in [4.78, 5) is 26.5. The van der Waals surface area contributed by atoms with Gasteiger partial charge in [-0.15, -0.1) is 0 Å². The fourth-order valence-corrected chi connectivity index (χ4v) is 3.82. The number of ether oxygens (including phenoxy) is 1. The van der Waals surface area contributed by atoms with Crippen LogP contribution in [0.2, 0.25) is 0 Å². The van der Waals surface area contributed by atoms with Crippen LogP contribution in [0.15, 0.2) is 24.3 Å². The minimum Gasteiger partial charge on any atom is -0.455 e. The van der Waals surface area contributed by atoms with Gasteiger partial charge < -0.3 is 9.64 Å². The Morgan fingerprint density at radius 3 is 2.74 bits per heavy atom. The van der Waals surface area contributed by atoms with Gasteiger partial charge in [0.25, 0.3) is 5.91 Å². The number of likely N-dealkylation sites (N-methyl/N-ethyl adjacent to an activating group) is 1. The summed E-state index contributed by atoms with van der Waals surface area (Å²) in [5.41, 5.74) is 5.12. The third-order valence-electron chi connectivity index (χ3n) is 5.54. The molecule has 0 N–H and O–H groups in total. The summed E-state index contributed by atoms with van der Waals surface area (Å²) in [7, 11) is 3.63. The summed E-state index contributed by atoms with van der Waals surface area (Å²) in [6.45, 7) is 3.56. The van der Waals surface area contributed by atoms with E-state index in [0.717, 1.165) is 36.2 Å². The van der Waals surface area contributed by atoms with E-state index in [-0.39, 0.29) is 25.0 Å². The zero-order valence-corrected chi connectivity index (χ0v) is 16.5. The average molecular weight is 369 g/mol. The smallest absolute Gasteiger partial charge is 0.310 e. The number of aromatic nitrogens is 2. The molecule has 0 fully saturated rings. The maximum Gasteiger partial charge on any atom is 0.310 e. The monoisotopic (exact) mass is 369 g/mol. The predicted molar refractivity (Wildman–Crippen MR) is 102 cm³/mol. The van der Waals surface area contributed by atoms with E-state index in [1.54, 1.807) is 16.6 Å². The van der Waals surface area contributed by atoms with Crippen molar-refractivity contribution in [1.82, 2.24) is 14.7 Å². The van der Waals surface area contributed by atoms with E-state index in [1.165, 1.54) is 11.1 Å². The lowest BCUT2D eigenvalue weighted by atomic mass is 9.87. The summed E-state index contributed by atoms with van der Waals surface area (Å²) in [5.74, 6) is -0.579. The Morgan fingerprint density at radius 1 is 1.30 bits per heavy atom. The molecular formula is C21H27N3O3. The molecule has 0 saturated heterocycles. The number of benzene rings is 1. The molecule has 6 nitrogen and oxygen atoms in total. The molecule has 27 heavy (non-hydrogen) atoms. The van der Waals surface area contributed by atoms with Gasteiger partial charge in [-0.05, 0) is 44.2 Å². The van der Waals surface area contributed by atoms with Gasteiger partial charge in [-0.1, -0.05) is 24.3 Å². The van der Waals surface area contributed by atoms with Gasteiger partial charge in [-0.25, -0.2) is 0 Å². The lowest BCUT2D eigenvalue weighted by Crippen LogP contribution is -2.36. The summed E-state index contributed by atoms with van der Waals surface area (Å²) < 4.78 is 7.01. The number of hydrogen-bond donors (Lipinski definition) is 0. The van der Waals surface area contributed by atoms with Crippen LogP contribution in [0.1, 0.15) is 47.0 Å². The molecule has 1 aromatic carbocycles. The molecule has 0 saturated carbocycles. The summed E-state index contributed by atoms with van der Waals surface area (Å²) in [6, 6.07) is 8.30. The molecule has 0 radical (unpaired) electrons. The minimum atomic E-state index is -0.403. The van der Waals surface area contributed by atoms with Gasteiger partial charge in [0.15, 0.2) is 6.61 Å². The number of fused-ring (bicyclic) bond motifs is 1. The van der Waals surface area contributed by atoms with Crippen molar-refractivity contribution in [3.63, 3.8) is 0 Å². The van der Waals surface area contributed by atoms with Crippen LogP contribution in [-0.2, 0) is 34.2 Å². The Balaban J connectivity index is 1.58. The van der Waals surface area contributed by atoms with E-state index < -0.39 is 5.97 Å². The zero-order valence-electron chi connectivity index (χ0n) is 16.5. The van der Waals surface area contributed by atoms with Crippen molar-refractivity contribution < 1.29 is 14.3 Å². The van der Waals surface area contributed by atoms with Crippen LogP contribution in [0.3, 0.4) is 0 Å². The van der Waals surface area contributed by atoms with Crippen molar-refractivity contribution in [2.45, 2.75) is 45.6 Å². The maximum atomic E-state index is 12.6. The van der Waals surface area contributed by atoms with Crippen LogP contribution in [0.4, 0.5) is 0 Å². The molecule has 0 bridgehead atoms. The minimum absolute atomic E-state index is 0.0453. The summed E-state index contributed by atoms with van der Waals surface area (Å²) >= 11 is 0.